The van der Waals surface area contributed by atoms with E-state index in [9.17, 15) is 4.79 Å². The fourth-order valence-corrected chi connectivity index (χ4v) is 3.22. The molecule has 0 fully saturated rings. The maximum atomic E-state index is 13.3. The van der Waals surface area contributed by atoms with Gasteiger partial charge in [0, 0.05) is 30.8 Å². The predicted molar refractivity (Wildman–Crippen MR) is 120 cm³/mol. The number of hydrogen-bond acceptors (Lipinski definition) is 5. The molecule has 0 aliphatic carbocycles. The summed E-state index contributed by atoms with van der Waals surface area (Å²) in [4.78, 5) is 24.0. The SMILES string of the molecule is COCCN(Cc1ccc(C(C)(C)C)cn1)C(=O)c1ccc2nc(N)c(C)cc2c1. The number of nitrogen functional groups attached to an aromatic ring is 1. The minimum atomic E-state index is -0.0647. The van der Waals surface area contributed by atoms with Gasteiger partial charge in [-0.2, -0.15) is 0 Å². The zero-order valence-electron chi connectivity index (χ0n) is 18.4. The average molecular weight is 407 g/mol. The number of amides is 1. The van der Waals surface area contributed by atoms with E-state index in [4.69, 9.17) is 10.5 Å². The Morgan fingerprint density at radius 1 is 1.17 bits per heavy atom. The first-order chi connectivity index (χ1) is 14.2. The number of carbonyl (C=O) groups is 1. The zero-order chi connectivity index (χ0) is 21.9. The van der Waals surface area contributed by atoms with Crippen LogP contribution in [0.5, 0.6) is 0 Å². The Bertz CT molecular complexity index is 1040. The number of rotatable bonds is 6. The Kier molecular flexibility index (Phi) is 6.37. The summed E-state index contributed by atoms with van der Waals surface area (Å²) < 4.78 is 5.22. The van der Waals surface area contributed by atoms with Crippen LogP contribution in [0.25, 0.3) is 10.9 Å². The van der Waals surface area contributed by atoms with Crippen LogP contribution in [0.15, 0.2) is 42.6 Å². The smallest absolute Gasteiger partial charge is 0.254 e. The monoisotopic (exact) mass is 406 g/mol. The molecule has 0 spiro atoms. The highest BCUT2D eigenvalue weighted by Gasteiger charge is 2.19. The molecule has 0 atom stereocenters. The maximum Gasteiger partial charge on any atom is 0.254 e. The van der Waals surface area contributed by atoms with Crippen LogP contribution in [0.3, 0.4) is 0 Å². The number of nitrogens with zero attached hydrogens (tertiary/aromatic N) is 3. The van der Waals surface area contributed by atoms with Gasteiger partial charge < -0.3 is 15.4 Å². The fraction of sp³-hybridized carbons (Fsp3) is 0.375. The van der Waals surface area contributed by atoms with Crippen LogP contribution in [0, 0.1) is 6.92 Å². The summed E-state index contributed by atoms with van der Waals surface area (Å²) >= 11 is 0. The van der Waals surface area contributed by atoms with Gasteiger partial charge in [-0.3, -0.25) is 9.78 Å². The number of anilines is 1. The lowest BCUT2D eigenvalue weighted by Gasteiger charge is -2.23. The van der Waals surface area contributed by atoms with Crippen molar-refractivity contribution in [3.8, 4) is 0 Å². The van der Waals surface area contributed by atoms with Crippen LogP contribution < -0.4 is 5.73 Å². The molecule has 6 heteroatoms. The zero-order valence-corrected chi connectivity index (χ0v) is 18.4. The van der Waals surface area contributed by atoms with E-state index >= 15 is 0 Å². The Morgan fingerprint density at radius 2 is 1.93 bits per heavy atom. The molecule has 2 N–H and O–H groups in total. The van der Waals surface area contributed by atoms with Crippen molar-refractivity contribution in [3.05, 3.63) is 65.0 Å². The molecule has 0 aliphatic heterocycles. The second-order valence-corrected chi connectivity index (χ2v) is 8.61. The van der Waals surface area contributed by atoms with Gasteiger partial charge in [-0.05, 0) is 53.8 Å². The molecule has 3 aromatic rings. The van der Waals surface area contributed by atoms with E-state index in [2.05, 4.69) is 36.8 Å². The molecule has 2 heterocycles. The predicted octanol–water partition coefficient (Wildman–Crippen LogP) is 4.11. The quantitative estimate of drug-likeness (QED) is 0.666. The van der Waals surface area contributed by atoms with Crippen LogP contribution in [-0.2, 0) is 16.7 Å². The third-order valence-corrected chi connectivity index (χ3v) is 5.19. The third kappa shape index (κ3) is 4.94. The first-order valence-corrected chi connectivity index (χ1v) is 10.1. The minimum Gasteiger partial charge on any atom is -0.383 e. The van der Waals surface area contributed by atoms with Gasteiger partial charge in [-0.15, -0.1) is 0 Å². The van der Waals surface area contributed by atoms with Crippen LogP contribution in [-0.4, -0.2) is 41.0 Å². The average Bonchev–Trinajstić information content (AvgIpc) is 2.71. The van der Waals surface area contributed by atoms with E-state index in [1.165, 1.54) is 0 Å². The maximum absolute atomic E-state index is 13.3. The van der Waals surface area contributed by atoms with Crippen molar-refractivity contribution in [3.63, 3.8) is 0 Å². The summed E-state index contributed by atoms with van der Waals surface area (Å²) in [6.07, 6.45) is 1.89. The normalized spacial score (nSPS) is 11.6. The second-order valence-electron chi connectivity index (χ2n) is 8.61. The molecule has 2 aromatic heterocycles. The largest absolute Gasteiger partial charge is 0.383 e. The Hall–Kier alpha value is -2.99. The molecule has 0 aliphatic rings. The number of benzene rings is 1. The number of hydrogen-bond donors (Lipinski definition) is 1. The standard InChI is InChI=1S/C24H30N4O2/c1-16-12-18-13-17(6-9-21(18)27-22(16)25)23(29)28(10-11-30-5)15-20-8-7-19(14-26-20)24(2,3)4/h6-9,12-14H,10-11,15H2,1-5H3,(H2,25,27). The number of aromatic nitrogens is 2. The van der Waals surface area contributed by atoms with E-state index in [1.54, 1.807) is 18.1 Å². The molecule has 0 radical (unpaired) electrons. The summed E-state index contributed by atoms with van der Waals surface area (Å²) in [5.41, 5.74) is 10.2. The molecule has 30 heavy (non-hydrogen) atoms. The van der Waals surface area contributed by atoms with Crippen molar-refractivity contribution in [2.24, 2.45) is 0 Å². The van der Waals surface area contributed by atoms with E-state index in [0.717, 1.165) is 27.7 Å². The lowest BCUT2D eigenvalue weighted by atomic mass is 9.88. The van der Waals surface area contributed by atoms with Crippen LogP contribution in [0.2, 0.25) is 0 Å². The summed E-state index contributed by atoms with van der Waals surface area (Å²) in [6, 6.07) is 11.5. The fourth-order valence-electron chi connectivity index (χ4n) is 3.22. The molecule has 0 saturated carbocycles. The van der Waals surface area contributed by atoms with Gasteiger partial charge in [0.15, 0.2) is 0 Å². The van der Waals surface area contributed by atoms with Crippen LogP contribution in [0.4, 0.5) is 5.82 Å². The first kappa shape index (κ1) is 21.7. The summed E-state index contributed by atoms with van der Waals surface area (Å²) in [6.45, 7) is 9.73. The number of ether oxygens (including phenoxy) is 1. The molecule has 0 unspecified atom stereocenters. The highest BCUT2D eigenvalue weighted by molar-refractivity contribution is 5.98. The van der Waals surface area contributed by atoms with Crippen molar-refractivity contribution in [1.29, 1.82) is 0 Å². The number of fused-ring (bicyclic) bond motifs is 1. The molecule has 0 saturated heterocycles. The topological polar surface area (TPSA) is 81.3 Å². The van der Waals surface area contributed by atoms with Crippen LogP contribution >= 0.6 is 0 Å². The van der Waals surface area contributed by atoms with Crippen molar-refractivity contribution in [1.82, 2.24) is 14.9 Å². The van der Waals surface area contributed by atoms with E-state index in [-0.39, 0.29) is 11.3 Å². The second kappa shape index (κ2) is 8.79. The van der Waals surface area contributed by atoms with Gasteiger partial charge in [-0.25, -0.2) is 4.98 Å². The van der Waals surface area contributed by atoms with Gasteiger partial charge in [0.05, 0.1) is 24.4 Å². The number of aryl methyl sites for hydroxylation is 1. The number of pyridine rings is 2. The molecule has 3 rings (SSSR count). The Balaban J connectivity index is 1.86. The minimum absolute atomic E-state index is 0.0394. The number of nitrogens with two attached hydrogens (primary N) is 1. The van der Waals surface area contributed by atoms with Gasteiger partial charge in [0.25, 0.3) is 5.91 Å². The van der Waals surface area contributed by atoms with Crippen molar-refractivity contribution < 1.29 is 9.53 Å². The van der Waals surface area contributed by atoms with E-state index in [0.29, 0.717) is 31.1 Å². The molecule has 6 nitrogen and oxygen atoms in total. The highest BCUT2D eigenvalue weighted by Crippen LogP contribution is 2.22. The Labute approximate surface area is 178 Å². The van der Waals surface area contributed by atoms with Gasteiger partial charge >= 0.3 is 0 Å². The molecule has 0 bridgehead atoms. The van der Waals surface area contributed by atoms with Crippen LogP contribution in [0.1, 0.15) is 48.0 Å². The van der Waals surface area contributed by atoms with Crippen molar-refractivity contribution >= 4 is 22.6 Å². The molecule has 1 amide bonds. The van der Waals surface area contributed by atoms with Gasteiger partial charge in [0.1, 0.15) is 5.82 Å². The summed E-state index contributed by atoms with van der Waals surface area (Å²) in [5, 5.41) is 0.895. The number of carbonyl (C=O) groups excluding carboxylic acids is 1. The summed E-state index contributed by atoms with van der Waals surface area (Å²) in [7, 11) is 1.63. The third-order valence-electron chi connectivity index (χ3n) is 5.19. The summed E-state index contributed by atoms with van der Waals surface area (Å²) in [5.74, 6) is 0.443. The lowest BCUT2D eigenvalue weighted by molar-refractivity contribution is 0.0678. The van der Waals surface area contributed by atoms with E-state index in [1.807, 2.05) is 37.4 Å². The molecular weight excluding hydrogens is 376 g/mol. The van der Waals surface area contributed by atoms with Crippen molar-refractivity contribution in [2.45, 2.75) is 39.7 Å². The van der Waals surface area contributed by atoms with Crippen molar-refractivity contribution in [2.75, 3.05) is 26.0 Å². The highest BCUT2D eigenvalue weighted by atomic mass is 16.5. The number of methoxy groups -OCH3 is 1. The lowest BCUT2D eigenvalue weighted by Crippen LogP contribution is -2.33. The van der Waals surface area contributed by atoms with Gasteiger partial charge in [0.2, 0.25) is 0 Å². The Morgan fingerprint density at radius 3 is 2.57 bits per heavy atom. The van der Waals surface area contributed by atoms with E-state index < -0.39 is 0 Å². The molecular formula is C24H30N4O2. The molecule has 158 valence electrons. The van der Waals surface area contributed by atoms with Gasteiger partial charge in [-0.1, -0.05) is 26.8 Å². The first-order valence-electron chi connectivity index (χ1n) is 10.1. The molecule has 1 aromatic carbocycles.